The maximum Gasteiger partial charge on any atom is 0.316 e. The van der Waals surface area contributed by atoms with E-state index in [0.29, 0.717) is 11.1 Å². The second-order valence-corrected chi connectivity index (χ2v) is 9.89. The lowest BCUT2D eigenvalue weighted by molar-refractivity contribution is -0.157. The highest BCUT2D eigenvalue weighted by atomic mass is 32.2. The van der Waals surface area contributed by atoms with E-state index in [9.17, 15) is 40.1 Å². The highest BCUT2D eigenvalue weighted by molar-refractivity contribution is 7.85. The maximum atomic E-state index is 14.6. The Balaban J connectivity index is 1.67. The van der Waals surface area contributed by atoms with Gasteiger partial charge in [0.05, 0.1) is 18.9 Å². The van der Waals surface area contributed by atoms with E-state index >= 15 is 0 Å². The van der Waals surface area contributed by atoms with E-state index in [1.165, 1.54) is 0 Å². The van der Waals surface area contributed by atoms with Crippen LogP contribution in [0.25, 0.3) is 0 Å². The molecule has 0 saturated heterocycles. The van der Waals surface area contributed by atoms with Crippen LogP contribution in [0.1, 0.15) is 34.1 Å². The van der Waals surface area contributed by atoms with Crippen molar-refractivity contribution in [1.29, 1.82) is 0 Å². The fourth-order valence-corrected chi connectivity index (χ4v) is 6.07. The molecule has 12 heteroatoms. The summed E-state index contributed by atoms with van der Waals surface area (Å²) in [6, 6.07) is 13.8. The van der Waals surface area contributed by atoms with Crippen LogP contribution in [0.3, 0.4) is 0 Å². The molecule has 6 rings (SSSR count). The molecule has 0 aliphatic heterocycles. The Morgan fingerprint density at radius 2 is 1.11 bits per heavy atom. The van der Waals surface area contributed by atoms with Gasteiger partial charge >= 0.3 is 11.9 Å². The summed E-state index contributed by atoms with van der Waals surface area (Å²) in [7, 11) is -4.86. The van der Waals surface area contributed by atoms with E-state index in [1.54, 1.807) is 48.5 Å². The van der Waals surface area contributed by atoms with Crippen molar-refractivity contribution in [3.8, 4) is 5.75 Å². The highest BCUT2D eigenvalue weighted by Gasteiger charge is 2.56. The molecule has 3 aliphatic rings. The van der Waals surface area contributed by atoms with Crippen LogP contribution in [0, 0.1) is 35.1 Å². The van der Waals surface area contributed by atoms with Crippen molar-refractivity contribution in [2.75, 3.05) is 7.11 Å². The van der Waals surface area contributed by atoms with Gasteiger partial charge in [0.2, 0.25) is 17.4 Å². The Hall–Kier alpha value is -3.77. The molecule has 0 heterocycles. The van der Waals surface area contributed by atoms with E-state index in [-0.39, 0.29) is 0 Å². The number of methoxy groups -OCH3 is 1. The molecule has 0 aromatic heterocycles. The molecule has 0 N–H and O–H groups in total. The fraction of sp³-hybridized carbons (Fsp3) is 0.200. The van der Waals surface area contributed by atoms with Gasteiger partial charge in [-0.15, -0.1) is 0 Å². The number of carbonyl (C=O) groups excluding carboxylic acids is 2. The number of carbonyl (C=O) groups is 2. The number of hydrogen-bond donors (Lipinski definition) is 0. The first-order chi connectivity index (χ1) is 17.5. The van der Waals surface area contributed by atoms with Gasteiger partial charge in [-0.1, -0.05) is 48.5 Å². The Bertz CT molecular complexity index is 1510. The van der Waals surface area contributed by atoms with Crippen LogP contribution in [0.15, 0.2) is 53.4 Å². The Morgan fingerprint density at radius 3 is 1.46 bits per heavy atom. The van der Waals surface area contributed by atoms with Crippen molar-refractivity contribution in [3.63, 3.8) is 0 Å². The van der Waals surface area contributed by atoms with Gasteiger partial charge in [0.25, 0.3) is 0 Å². The molecule has 0 radical (unpaired) electrons. The van der Waals surface area contributed by atoms with Crippen LogP contribution in [0.4, 0.5) is 17.6 Å². The van der Waals surface area contributed by atoms with Crippen molar-refractivity contribution in [2.24, 2.45) is 11.8 Å². The fourth-order valence-electron chi connectivity index (χ4n) is 5.45. The molecule has 2 atom stereocenters. The van der Waals surface area contributed by atoms with Crippen LogP contribution in [-0.2, 0) is 24.4 Å². The summed E-state index contributed by atoms with van der Waals surface area (Å²) in [4.78, 5) is 24.0. The van der Waals surface area contributed by atoms with Crippen molar-refractivity contribution in [1.82, 2.24) is 0 Å². The zero-order valence-corrected chi connectivity index (χ0v) is 19.5. The summed E-state index contributed by atoms with van der Waals surface area (Å²) < 4.78 is 101. The summed E-state index contributed by atoms with van der Waals surface area (Å²) >= 11 is 0. The standard InChI is InChI=1S/C25H16F4O7S/c1-35-24(30)16-14-10-6-2-4-8-12(10)15(13-9-5-3-7-11(13)14)17(16)25(31)36-22-18(26)20(28)23(37(32,33)34)21(29)19(22)27/h2-9,14-17H,1H3,(H,32,33,34)/p-1. The number of hydrogen-bond acceptors (Lipinski definition) is 7. The lowest BCUT2D eigenvalue weighted by Crippen LogP contribution is -2.48. The summed E-state index contributed by atoms with van der Waals surface area (Å²) in [5.74, 6) is -18.2. The van der Waals surface area contributed by atoms with Gasteiger partial charge in [0.15, 0.2) is 11.6 Å². The quantitative estimate of drug-likeness (QED) is 0.165. The average molecular weight is 535 g/mol. The van der Waals surface area contributed by atoms with Crippen molar-refractivity contribution in [3.05, 3.63) is 94.1 Å². The van der Waals surface area contributed by atoms with Gasteiger partial charge in [0.1, 0.15) is 15.0 Å². The van der Waals surface area contributed by atoms with Crippen LogP contribution in [0.2, 0.25) is 0 Å². The van der Waals surface area contributed by atoms with Crippen molar-refractivity contribution in [2.45, 2.75) is 16.7 Å². The minimum absolute atomic E-state index is 0.638. The summed E-state index contributed by atoms with van der Waals surface area (Å²) in [6.07, 6.45) is 0. The van der Waals surface area contributed by atoms with Crippen LogP contribution >= 0.6 is 0 Å². The van der Waals surface area contributed by atoms with Gasteiger partial charge in [0, 0.05) is 11.8 Å². The van der Waals surface area contributed by atoms with Gasteiger partial charge in [-0.05, 0) is 22.3 Å². The molecule has 2 bridgehead atoms. The SMILES string of the molecule is COC(=O)C1C2c3ccccc3C(c3ccccc32)C1C(=O)Oc1c(F)c(F)c(S(=O)(=O)[O-])c(F)c1F. The normalized spacial score (nSPS) is 21.7. The number of rotatable bonds is 4. The van der Waals surface area contributed by atoms with Crippen molar-refractivity contribution >= 4 is 22.1 Å². The third-order valence-corrected chi connectivity index (χ3v) is 7.68. The van der Waals surface area contributed by atoms with E-state index in [0.717, 1.165) is 18.2 Å². The number of esters is 2. The summed E-state index contributed by atoms with van der Waals surface area (Å²) in [5.41, 5.74) is 2.73. The Morgan fingerprint density at radius 1 is 0.730 bits per heavy atom. The second kappa shape index (κ2) is 8.67. The predicted molar refractivity (Wildman–Crippen MR) is 115 cm³/mol. The van der Waals surface area contributed by atoms with Gasteiger partial charge < -0.3 is 14.0 Å². The lowest BCUT2D eigenvalue weighted by Gasteiger charge is -2.48. The predicted octanol–water partition coefficient (Wildman–Crippen LogP) is 3.75. The molecule has 3 aliphatic carbocycles. The summed E-state index contributed by atoms with van der Waals surface area (Å²) in [6.45, 7) is 0. The molecule has 3 aromatic rings. The molecule has 2 unspecified atom stereocenters. The molecular formula is C25H15F4O7S-. The third kappa shape index (κ3) is 3.62. The smallest absolute Gasteiger partial charge is 0.316 e. The first kappa shape index (κ1) is 24.9. The Kier molecular flexibility index (Phi) is 5.83. The monoisotopic (exact) mass is 535 g/mol. The summed E-state index contributed by atoms with van der Waals surface area (Å²) in [5, 5.41) is 0. The highest BCUT2D eigenvalue weighted by Crippen LogP contribution is 2.58. The molecule has 7 nitrogen and oxygen atoms in total. The Labute approximate surface area is 207 Å². The van der Waals surface area contributed by atoms with E-state index < -0.39 is 79.6 Å². The van der Waals surface area contributed by atoms with Crippen LogP contribution in [0.5, 0.6) is 5.75 Å². The van der Waals surface area contributed by atoms with Crippen LogP contribution in [-0.4, -0.2) is 32.0 Å². The zero-order valence-electron chi connectivity index (χ0n) is 18.7. The zero-order chi connectivity index (χ0) is 26.8. The van der Waals surface area contributed by atoms with E-state index in [2.05, 4.69) is 0 Å². The molecule has 0 saturated carbocycles. The molecule has 0 fully saturated rings. The number of ether oxygens (including phenoxy) is 2. The molecular weight excluding hydrogens is 520 g/mol. The van der Waals surface area contributed by atoms with Gasteiger partial charge in [-0.3, -0.25) is 9.59 Å². The molecule has 0 spiro atoms. The maximum absolute atomic E-state index is 14.6. The topological polar surface area (TPSA) is 110 Å². The van der Waals surface area contributed by atoms with Crippen LogP contribution < -0.4 is 4.74 Å². The minimum Gasteiger partial charge on any atom is -0.744 e. The minimum atomic E-state index is -5.95. The van der Waals surface area contributed by atoms with E-state index in [4.69, 9.17) is 9.47 Å². The molecule has 192 valence electrons. The first-order valence-corrected chi connectivity index (χ1v) is 12.2. The number of benzene rings is 3. The second-order valence-electron chi connectivity index (χ2n) is 8.58. The lowest BCUT2D eigenvalue weighted by atomic mass is 9.54. The van der Waals surface area contributed by atoms with E-state index in [1.807, 2.05) is 0 Å². The van der Waals surface area contributed by atoms with Gasteiger partial charge in [-0.25, -0.2) is 17.2 Å². The number of halogens is 4. The van der Waals surface area contributed by atoms with Crippen molar-refractivity contribution < 1.29 is 49.6 Å². The largest absolute Gasteiger partial charge is 0.744 e. The first-order valence-electron chi connectivity index (χ1n) is 10.8. The third-order valence-electron chi connectivity index (χ3n) is 6.82. The molecule has 0 amide bonds. The van der Waals surface area contributed by atoms with Gasteiger partial charge in [-0.2, -0.15) is 8.78 Å². The molecule has 3 aromatic carbocycles. The molecule has 37 heavy (non-hydrogen) atoms. The average Bonchev–Trinajstić information content (AvgIpc) is 2.88. The number of fused-ring (bicyclic) bond motifs is 1.